The zero-order valence-electron chi connectivity index (χ0n) is 12.4. The van der Waals surface area contributed by atoms with Crippen LogP contribution in [0.1, 0.15) is 55.2 Å². The van der Waals surface area contributed by atoms with Gasteiger partial charge >= 0.3 is 0 Å². The predicted molar refractivity (Wildman–Crippen MR) is 79.7 cm³/mol. The van der Waals surface area contributed by atoms with E-state index in [2.05, 4.69) is 34.3 Å². The molecule has 1 heterocycles. The summed E-state index contributed by atoms with van der Waals surface area (Å²) >= 11 is 0. The largest absolute Gasteiger partial charge is 0.395 e. The van der Waals surface area contributed by atoms with E-state index in [0.717, 1.165) is 44.6 Å². The Labute approximate surface area is 120 Å². The number of rotatable bonds is 8. The number of hydrogen-bond acceptors (Lipinski definition) is 4. The summed E-state index contributed by atoms with van der Waals surface area (Å²) in [5.41, 5.74) is 7.77. The van der Waals surface area contributed by atoms with Crippen LogP contribution in [0.15, 0.2) is 0 Å². The summed E-state index contributed by atoms with van der Waals surface area (Å²) in [5.74, 6) is 0.294. The quantitative estimate of drug-likeness (QED) is 0.670. The zero-order valence-corrected chi connectivity index (χ0v) is 12.4. The lowest BCUT2D eigenvalue weighted by Crippen LogP contribution is -2.35. The van der Waals surface area contributed by atoms with Crippen LogP contribution in [-0.2, 0) is 0 Å². The Hall–Kier alpha value is -1.56. The van der Waals surface area contributed by atoms with Crippen molar-refractivity contribution >= 4 is 11.6 Å². The van der Waals surface area contributed by atoms with Gasteiger partial charge in [0.15, 0.2) is 5.69 Å². The predicted octanol–water partition coefficient (Wildman–Crippen LogP) is 1.33. The van der Waals surface area contributed by atoms with Crippen LogP contribution >= 0.6 is 0 Å². The molecule has 1 amide bonds. The molecule has 20 heavy (non-hydrogen) atoms. The molecule has 0 unspecified atom stereocenters. The fraction of sp³-hybridized carbons (Fsp3) is 0.714. The van der Waals surface area contributed by atoms with E-state index in [1.54, 1.807) is 0 Å². The average Bonchev–Trinajstić information content (AvgIpc) is 3.20. The first-order chi connectivity index (χ1) is 9.67. The lowest BCUT2D eigenvalue weighted by atomic mass is 10.2. The molecule has 6 heteroatoms. The van der Waals surface area contributed by atoms with E-state index in [4.69, 9.17) is 5.73 Å². The molecule has 0 aromatic carbocycles. The maximum Gasteiger partial charge on any atom is 0.273 e. The van der Waals surface area contributed by atoms with Crippen molar-refractivity contribution in [2.75, 3.05) is 31.9 Å². The van der Waals surface area contributed by atoms with Gasteiger partial charge in [0.05, 0.1) is 11.4 Å². The van der Waals surface area contributed by atoms with E-state index in [0.29, 0.717) is 23.8 Å². The molecule has 0 atom stereocenters. The SMILES string of the molecule is CCCN(CC)CCNC(=O)c1n[nH]c(C2CC2)c1N. The second-order valence-electron chi connectivity index (χ2n) is 5.36. The molecule has 1 fully saturated rings. The molecule has 0 aliphatic heterocycles. The fourth-order valence-corrected chi connectivity index (χ4v) is 2.38. The highest BCUT2D eigenvalue weighted by atomic mass is 16.1. The zero-order chi connectivity index (χ0) is 14.5. The number of nitrogens with two attached hydrogens (primary N) is 1. The van der Waals surface area contributed by atoms with Crippen LogP contribution < -0.4 is 11.1 Å². The summed E-state index contributed by atoms with van der Waals surface area (Å²) < 4.78 is 0. The molecule has 0 radical (unpaired) electrons. The van der Waals surface area contributed by atoms with Crippen molar-refractivity contribution in [3.8, 4) is 0 Å². The van der Waals surface area contributed by atoms with Crippen LogP contribution in [0.3, 0.4) is 0 Å². The molecule has 1 aliphatic carbocycles. The van der Waals surface area contributed by atoms with Crippen molar-refractivity contribution in [3.63, 3.8) is 0 Å². The Morgan fingerprint density at radius 3 is 2.80 bits per heavy atom. The minimum Gasteiger partial charge on any atom is -0.395 e. The summed E-state index contributed by atoms with van der Waals surface area (Å²) in [7, 11) is 0. The second-order valence-corrected chi connectivity index (χ2v) is 5.36. The molecular formula is C14H25N5O. The third kappa shape index (κ3) is 3.50. The third-order valence-electron chi connectivity index (χ3n) is 3.73. The maximum absolute atomic E-state index is 12.1. The van der Waals surface area contributed by atoms with Gasteiger partial charge in [0, 0.05) is 19.0 Å². The maximum atomic E-state index is 12.1. The summed E-state index contributed by atoms with van der Waals surface area (Å²) in [6.07, 6.45) is 3.39. The number of nitrogen functional groups attached to an aromatic ring is 1. The topological polar surface area (TPSA) is 87.0 Å². The second kappa shape index (κ2) is 6.74. The van der Waals surface area contributed by atoms with E-state index < -0.39 is 0 Å². The fourth-order valence-electron chi connectivity index (χ4n) is 2.38. The van der Waals surface area contributed by atoms with E-state index >= 15 is 0 Å². The van der Waals surface area contributed by atoms with Crippen LogP contribution in [0, 0.1) is 0 Å². The number of carbonyl (C=O) groups excluding carboxylic acids is 1. The van der Waals surface area contributed by atoms with Crippen LogP contribution in [-0.4, -0.2) is 47.2 Å². The van der Waals surface area contributed by atoms with Gasteiger partial charge in [-0.3, -0.25) is 9.89 Å². The van der Waals surface area contributed by atoms with Gasteiger partial charge in [0.2, 0.25) is 0 Å². The Balaban J connectivity index is 1.82. The van der Waals surface area contributed by atoms with Crippen molar-refractivity contribution in [2.24, 2.45) is 0 Å². The summed E-state index contributed by atoms with van der Waals surface area (Å²) in [4.78, 5) is 14.4. The summed E-state index contributed by atoms with van der Waals surface area (Å²) in [6, 6.07) is 0. The molecule has 1 saturated carbocycles. The van der Waals surface area contributed by atoms with Crippen LogP contribution in [0.5, 0.6) is 0 Å². The first kappa shape index (κ1) is 14.8. The molecule has 0 saturated heterocycles. The number of nitrogens with zero attached hydrogens (tertiary/aromatic N) is 2. The molecule has 2 rings (SSSR count). The number of aromatic amines is 1. The van der Waals surface area contributed by atoms with Crippen LogP contribution in [0.25, 0.3) is 0 Å². The normalized spacial score (nSPS) is 14.8. The number of H-pyrrole nitrogens is 1. The van der Waals surface area contributed by atoms with Crippen LogP contribution in [0.2, 0.25) is 0 Å². The first-order valence-corrected chi connectivity index (χ1v) is 7.51. The molecule has 4 N–H and O–H groups in total. The lowest BCUT2D eigenvalue weighted by Gasteiger charge is -2.19. The number of amides is 1. The van der Waals surface area contributed by atoms with Gasteiger partial charge in [0.1, 0.15) is 0 Å². The van der Waals surface area contributed by atoms with E-state index in [1.165, 1.54) is 0 Å². The minimum atomic E-state index is -0.182. The number of hydrogen-bond donors (Lipinski definition) is 3. The van der Waals surface area contributed by atoms with Gasteiger partial charge in [-0.25, -0.2) is 0 Å². The molecule has 1 aromatic heterocycles. The Morgan fingerprint density at radius 1 is 1.45 bits per heavy atom. The van der Waals surface area contributed by atoms with Gasteiger partial charge in [-0.1, -0.05) is 13.8 Å². The monoisotopic (exact) mass is 279 g/mol. The van der Waals surface area contributed by atoms with Gasteiger partial charge in [0.25, 0.3) is 5.91 Å². The number of nitrogens with one attached hydrogen (secondary N) is 2. The standard InChI is InChI=1S/C14H25N5O/c1-3-8-19(4-2)9-7-16-14(20)13-11(15)12(17-18-13)10-5-6-10/h10H,3-9,15H2,1-2H3,(H,16,20)(H,17,18). The number of carbonyl (C=O) groups is 1. The van der Waals surface area contributed by atoms with E-state index in [-0.39, 0.29) is 5.91 Å². The third-order valence-corrected chi connectivity index (χ3v) is 3.73. The minimum absolute atomic E-state index is 0.182. The Morgan fingerprint density at radius 2 is 2.20 bits per heavy atom. The van der Waals surface area contributed by atoms with Crippen molar-refractivity contribution in [3.05, 3.63) is 11.4 Å². The molecule has 6 nitrogen and oxygen atoms in total. The molecular weight excluding hydrogens is 254 g/mol. The van der Waals surface area contributed by atoms with Crippen molar-refractivity contribution in [1.29, 1.82) is 0 Å². The van der Waals surface area contributed by atoms with Gasteiger partial charge < -0.3 is 16.0 Å². The first-order valence-electron chi connectivity index (χ1n) is 7.51. The summed E-state index contributed by atoms with van der Waals surface area (Å²) in [6.45, 7) is 7.83. The van der Waals surface area contributed by atoms with E-state index in [9.17, 15) is 4.79 Å². The van der Waals surface area contributed by atoms with E-state index in [1.807, 2.05) is 0 Å². The average molecular weight is 279 g/mol. The van der Waals surface area contributed by atoms with Gasteiger partial charge in [-0.05, 0) is 32.4 Å². The summed E-state index contributed by atoms with van der Waals surface area (Å²) in [5, 5.41) is 9.85. The Bertz CT molecular complexity index is 452. The highest BCUT2D eigenvalue weighted by Gasteiger charge is 2.30. The van der Waals surface area contributed by atoms with Gasteiger partial charge in [-0.15, -0.1) is 0 Å². The lowest BCUT2D eigenvalue weighted by molar-refractivity contribution is 0.0944. The molecule has 0 bridgehead atoms. The van der Waals surface area contributed by atoms with Crippen LogP contribution in [0.4, 0.5) is 5.69 Å². The number of anilines is 1. The molecule has 0 spiro atoms. The van der Waals surface area contributed by atoms with Crippen molar-refractivity contribution < 1.29 is 4.79 Å². The number of likely N-dealkylation sites (N-methyl/N-ethyl adjacent to an activating group) is 1. The molecule has 1 aromatic rings. The molecule has 1 aliphatic rings. The smallest absolute Gasteiger partial charge is 0.273 e. The molecule has 112 valence electrons. The highest BCUT2D eigenvalue weighted by molar-refractivity contribution is 5.97. The van der Waals surface area contributed by atoms with Gasteiger partial charge in [-0.2, -0.15) is 5.10 Å². The van der Waals surface area contributed by atoms with Crippen molar-refractivity contribution in [1.82, 2.24) is 20.4 Å². The highest BCUT2D eigenvalue weighted by Crippen LogP contribution is 2.42. The Kier molecular flexibility index (Phi) is 5.00. The number of aromatic nitrogens is 2. The van der Waals surface area contributed by atoms with Crippen molar-refractivity contribution in [2.45, 2.75) is 39.0 Å².